The molecule has 0 saturated heterocycles. The van der Waals surface area contributed by atoms with Gasteiger partial charge in [0.2, 0.25) is 0 Å². The summed E-state index contributed by atoms with van der Waals surface area (Å²) in [7, 11) is 0. The Labute approximate surface area is 124 Å². The Morgan fingerprint density at radius 3 is 2.84 bits per heavy atom. The summed E-state index contributed by atoms with van der Waals surface area (Å²) >= 11 is 4.85. The van der Waals surface area contributed by atoms with E-state index in [0.717, 1.165) is 11.5 Å². The summed E-state index contributed by atoms with van der Waals surface area (Å²) in [5.41, 5.74) is 0.172. The van der Waals surface area contributed by atoms with Crippen molar-refractivity contribution >= 4 is 39.3 Å². The van der Waals surface area contributed by atoms with Gasteiger partial charge in [0.1, 0.15) is 4.47 Å². The van der Waals surface area contributed by atoms with Gasteiger partial charge in [0.25, 0.3) is 11.6 Å². The van der Waals surface area contributed by atoms with E-state index in [2.05, 4.69) is 28.2 Å². The van der Waals surface area contributed by atoms with Crippen molar-refractivity contribution < 1.29 is 9.72 Å². The Bertz CT molecular complexity index is 482. The number of nitrogens with one attached hydrogen (secondary N) is 1. The van der Waals surface area contributed by atoms with Crippen LogP contribution in [0.4, 0.5) is 5.69 Å². The summed E-state index contributed by atoms with van der Waals surface area (Å²) in [5.74, 6) is 1.50. The van der Waals surface area contributed by atoms with Crippen LogP contribution < -0.4 is 5.32 Å². The normalized spacial score (nSPS) is 11.9. The summed E-state index contributed by atoms with van der Waals surface area (Å²) in [6.07, 6.45) is 0. The maximum Gasteiger partial charge on any atom is 0.284 e. The molecule has 1 unspecified atom stereocenters. The summed E-state index contributed by atoms with van der Waals surface area (Å²) in [6, 6.07) is 4.44. The third kappa shape index (κ3) is 4.50. The lowest BCUT2D eigenvalue weighted by Gasteiger charge is -2.13. The predicted molar refractivity (Wildman–Crippen MR) is 80.7 cm³/mol. The quantitative estimate of drug-likeness (QED) is 0.633. The first-order valence-electron chi connectivity index (χ1n) is 5.78. The van der Waals surface area contributed by atoms with Crippen LogP contribution in [0.2, 0.25) is 0 Å². The molecule has 0 bridgehead atoms. The van der Waals surface area contributed by atoms with Crippen LogP contribution in [0.5, 0.6) is 0 Å². The lowest BCUT2D eigenvalue weighted by Crippen LogP contribution is -2.34. The molecule has 0 radical (unpaired) electrons. The van der Waals surface area contributed by atoms with Gasteiger partial charge in [-0.15, -0.1) is 0 Å². The molecule has 1 atom stereocenters. The van der Waals surface area contributed by atoms with E-state index in [4.69, 9.17) is 0 Å². The number of carbonyl (C=O) groups is 1. The molecule has 1 aromatic carbocycles. The SMILES string of the molecule is CCSCC(C)NC(=O)c1cccc([N+](=O)[O-])c1Br. The van der Waals surface area contributed by atoms with Crippen molar-refractivity contribution in [2.24, 2.45) is 0 Å². The van der Waals surface area contributed by atoms with Crippen molar-refractivity contribution in [1.82, 2.24) is 5.32 Å². The summed E-state index contributed by atoms with van der Waals surface area (Å²) in [5, 5.41) is 13.6. The molecule has 0 fully saturated rings. The minimum Gasteiger partial charge on any atom is -0.349 e. The maximum atomic E-state index is 12.0. The van der Waals surface area contributed by atoms with Crippen LogP contribution in [0.15, 0.2) is 22.7 Å². The molecule has 7 heteroatoms. The Morgan fingerprint density at radius 1 is 1.58 bits per heavy atom. The largest absolute Gasteiger partial charge is 0.349 e. The van der Waals surface area contributed by atoms with E-state index in [9.17, 15) is 14.9 Å². The van der Waals surface area contributed by atoms with Crippen molar-refractivity contribution in [2.45, 2.75) is 19.9 Å². The van der Waals surface area contributed by atoms with Crippen molar-refractivity contribution in [3.8, 4) is 0 Å². The first-order chi connectivity index (χ1) is 8.97. The number of benzene rings is 1. The third-order valence-corrected chi connectivity index (χ3v) is 4.35. The summed E-state index contributed by atoms with van der Waals surface area (Å²) in [6.45, 7) is 3.96. The van der Waals surface area contributed by atoms with E-state index in [1.165, 1.54) is 12.1 Å². The zero-order valence-electron chi connectivity index (χ0n) is 10.7. The molecule has 0 aliphatic rings. The van der Waals surface area contributed by atoms with Crippen LogP contribution in [0.1, 0.15) is 24.2 Å². The molecule has 1 rings (SSSR count). The number of halogens is 1. The summed E-state index contributed by atoms with van der Waals surface area (Å²) in [4.78, 5) is 22.3. The Balaban J connectivity index is 2.83. The summed E-state index contributed by atoms with van der Waals surface area (Å²) < 4.78 is 0.216. The van der Waals surface area contributed by atoms with Gasteiger partial charge >= 0.3 is 0 Å². The third-order valence-electron chi connectivity index (χ3n) is 2.37. The molecule has 0 aromatic heterocycles. The zero-order valence-corrected chi connectivity index (χ0v) is 13.1. The van der Waals surface area contributed by atoms with Crippen LogP contribution in [-0.4, -0.2) is 28.4 Å². The molecule has 1 N–H and O–H groups in total. The lowest BCUT2D eigenvalue weighted by atomic mass is 10.2. The van der Waals surface area contributed by atoms with Gasteiger partial charge in [-0.2, -0.15) is 11.8 Å². The first kappa shape index (κ1) is 16.0. The topological polar surface area (TPSA) is 72.2 Å². The van der Waals surface area contributed by atoms with Crippen molar-refractivity contribution in [3.63, 3.8) is 0 Å². The van der Waals surface area contributed by atoms with Gasteiger partial charge in [-0.3, -0.25) is 14.9 Å². The fraction of sp³-hybridized carbons (Fsp3) is 0.417. The number of thioether (sulfide) groups is 1. The highest BCUT2D eigenvalue weighted by molar-refractivity contribution is 9.10. The second-order valence-electron chi connectivity index (χ2n) is 3.93. The van der Waals surface area contributed by atoms with Crippen molar-refractivity contribution in [2.75, 3.05) is 11.5 Å². The van der Waals surface area contributed by atoms with Crippen LogP contribution in [-0.2, 0) is 0 Å². The van der Waals surface area contributed by atoms with Crippen LogP contribution in [0, 0.1) is 10.1 Å². The highest BCUT2D eigenvalue weighted by Gasteiger charge is 2.20. The second kappa shape index (κ2) is 7.49. The minimum atomic E-state index is -0.517. The predicted octanol–water partition coefficient (Wildman–Crippen LogP) is 3.23. The maximum absolute atomic E-state index is 12.0. The Morgan fingerprint density at radius 2 is 2.26 bits per heavy atom. The number of hydrogen-bond acceptors (Lipinski definition) is 4. The van der Waals surface area contributed by atoms with Gasteiger partial charge in [-0.25, -0.2) is 0 Å². The molecule has 0 aliphatic heterocycles. The number of hydrogen-bond donors (Lipinski definition) is 1. The van der Waals surface area contributed by atoms with E-state index in [-0.39, 0.29) is 27.7 Å². The highest BCUT2D eigenvalue weighted by atomic mass is 79.9. The van der Waals surface area contributed by atoms with Gasteiger partial charge in [0.15, 0.2) is 0 Å². The standard InChI is InChI=1S/C12H15BrN2O3S/c1-3-19-7-8(2)14-12(16)9-5-4-6-10(11(9)13)15(17)18/h4-6,8H,3,7H2,1-2H3,(H,14,16). The molecular weight excluding hydrogens is 332 g/mol. The van der Waals surface area contributed by atoms with Gasteiger partial charge in [-0.05, 0) is 34.7 Å². The van der Waals surface area contributed by atoms with Crippen LogP contribution >= 0.6 is 27.7 Å². The fourth-order valence-corrected chi connectivity index (χ4v) is 2.74. The number of nitro groups is 1. The molecule has 0 heterocycles. The Kier molecular flexibility index (Phi) is 6.30. The van der Waals surface area contributed by atoms with E-state index in [0.29, 0.717) is 0 Å². The average molecular weight is 347 g/mol. The second-order valence-corrected chi connectivity index (χ2v) is 6.04. The van der Waals surface area contributed by atoms with Crippen molar-refractivity contribution in [3.05, 3.63) is 38.3 Å². The van der Waals surface area contributed by atoms with Crippen LogP contribution in [0.3, 0.4) is 0 Å². The molecule has 0 aliphatic carbocycles. The number of carbonyl (C=O) groups excluding carboxylic acids is 1. The number of rotatable bonds is 6. The fourth-order valence-electron chi connectivity index (χ4n) is 1.47. The average Bonchev–Trinajstić information content (AvgIpc) is 2.36. The first-order valence-corrected chi connectivity index (χ1v) is 7.73. The Hall–Kier alpha value is -1.08. The van der Waals surface area contributed by atoms with E-state index in [1.807, 2.05) is 6.92 Å². The van der Waals surface area contributed by atoms with Crippen LogP contribution in [0.25, 0.3) is 0 Å². The van der Waals surface area contributed by atoms with E-state index in [1.54, 1.807) is 17.8 Å². The smallest absolute Gasteiger partial charge is 0.284 e. The number of nitrogens with zero attached hydrogens (tertiary/aromatic N) is 1. The highest BCUT2D eigenvalue weighted by Crippen LogP contribution is 2.28. The molecule has 1 aromatic rings. The lowest BCUT2D eigenvalue weighted by molar-refractivity contribution is -0.385. The molecular formula is C12H15BrN2O3S. The van der Waals surface area contributed by atoms with Crippen molar-refractivity contribution in [1.29, 1.82) is 0 Å². The molecule has 19 heavy (non-hydrogen) atoms. The molecule has 104 valence electrons. The molecule has 5 nitrogen and oxygen atoms in total. The van der Waals surface area contributed by atoms with Gasteiger partial charge in [-0.1, -0.05) is 13.0 Å². The number of amides is 1. The van der Waals surface area contributed by atoms with E-state index < -0.39 is 4.92 Å². The molecule has 0 saturated carbocycles. The van der Waals surface area contributed by atoms with Gasteiger partial charge in [0.05, 0.1) is 10.5 Å². The monoisotopic (exact) mass is 346 g/mol. The van der Waals surface area contributed by atoms with E-state index >= 15 is 0 Å². The molecule has 1 amide bonds. The van der Waals surface area contributed by atoms with Gasteiger partial charge in [0, 0.05) is 17.9 Å². The van der Waals surface area contributed by atoms with Gasteiger partial charge < -0.3 is 5.32 Å². The zero-order chi connectivity index (χ0) is 14.4. The molecule has 0 spiro atoms. The number of nitro benzene ring substituents is 1. The minimum absolute atomic E-state index is 0.0172.